The number of rotatable bonds is 3. The van der Waals surface area contributed by atoms with Crippen molar-refractivity contribution in [1.82, 2.24) is 15.0 Å². The molecular weight excluding hydrogens is 363 g/mol. The minimum Gasteiger partial charge on any atom is -0.372 e. The fourth-order valence-electron chi connectivity index (χ4n) is 1.94. The van der Waals surface area contributed by atoms with Crippen molar-refractivity contribution in [1.29, 1.82) is 0 Å². The highest BCUT2D eigenvalue weighted by atomic mass is 79.9. The summed E-state index contributed by atoms with van der Waals surface area (Å²) < 4.78 is 0.913. The van der Waals surface area contributed by atoms with Gasteiger partial charge in [-0.1, -0.05) is 23.2 Å². The molecule has 104 valence electrons. The first kappa shape index (κ1) is 14.0. The quantitative estimate of drug-likeness (QED) is 0.858. The Morgan fingerprint density at radius 2 is 2.05 bits per heavy atom. The number of anilines is 1. The highest BCUT2D eigenvalue weighted by molar-refractivity contribution is 9.10. The fourth-order valence-corrected chi connectivity index (χ4v) is 3.11. The van der Waals surface area contributed by atoms with Gasteiger partial charge >= 0.3 is 0 Å². The Hall–Kier alpha value is -0.910. The summed E-state index contributed by atoms with van der Waals surface area (Å²) in [7, 11) is 1.82. The molecule has 0 aromatic carbocycles. The smallest absolute Gasteiger partial charge is 0.182 e. The molecule has 0 radical (unpaired) electrons. The van der Waals surface area contributed by atoms with Crippen LogP contribution >= 0.6 is 39.1 Å². The van der Waals surface area contributed by atoms with E-state index in [2.05, 4.69) is 36.2 Å². The maximum absolute atomic E-state index is 6.19. The molecule has 2 aromatic rings. The molecule has 3 rings (SSSR count). The monoisotopic (exact) mass is 372 g/mol. The zero-order chi connectivity index (χ0) is 14.3. The molecule has 0 unspecified atom stereocenters. The van der Waals surface area contributed by atoms with Gasteiger partial charge in [0.1, 0.15) is 11.5 Å². The molecule has 0 atom stereocenters. The van der Waals surface area contributed by atoms with Gasteiger partial charge in [-0.2, -0.15) is 0 Å². The Kier molecular flexibility index (Phi) is 3.84. The van der Waals surface area contributed by atoms with Crippen LogP contribution in [0.2, 0.25) is 10.0 Å². The van der Waals surface area contributed by atoms with Crippen molar-refractivity contribution in [3.8, 4) is 11.5 Å². The topological polar surface area (TPSA) is 50.7 Å². The summed E-state index contributed by atoms with van der Waals surface area (Å²) in [5.74, 6) is 1.75. The first-order valence-corrected chi connectivity index (χ1v) is 7.71. The summed E-state index contributed by atoms with van der Waals surface area (Å²) in [5, 5.41) is 4.00. The van der Waals surface area contributed by atoms with Gasteiger partial charge in [0.05, 0.1) is 20.2 Å². The number of pyridine rings is 1. The molecule has 0 spiro atoms. The number of hydrogen-bond donors (Lipinski definition) is 1. The fraction of sp³-hybridized carbons (Fsp3) is 0.308. The van der Waals surface area contributed by atoms with E-state index in [4.69, 9.17) is 23.2 Å². The largest absolute Gasteiger partial charge is 0.372 e. The summed E-state index contributed by atoms with van der Waals surface area (Å²) in [6.45, 7) is 0. The second-order valence-corrected chi connectivity index (χ2v) is 6.24. The van der Waals surface area contributed by atoms with E-state index in [0.29, 0.717) is 27.5 Å². The van der Waals surface area contributed by atoms with Crippen LogP contribution in [0.3, 0.4) is 0 Å². The summed E-state index contributed by atoms with van der Waals surface area (Å²) in [4.78, 5) is 13.3. The third-order valence-corrected chi connectivity index (χ3v) is 4.37. The highest BCUT2D eigenvalue weighted by Crippen LogP contribution is 2.44. The van der Waals surface area contributed by atoms with Gasteiger partial charge in [-0.15, -0.1) is 0 Å². The summed E-state index contributed by atoms with van der Waals surface area (Å²) >= 11 is 15.6. The van der Waals surface area contributed by atoms with Crippen LogP contribution in [0.15, 0.2) is 16.7 Å². The van der Waals surface area contributed by atoms with E-state index in [9.17, 15) is 0 Å². The molecule has 1 aliphatic carbocycles. The zero-order valence-corrected chi connectivity index (χ0v) is 13.7. The zero-order valence-electron chi connectivity index (χ0n) is 10.6. The molecule has 1 fully saturated rings. The van der Waals surface area contributed by atoms with Crippen LogP contribution in [0, 0.1) is 0 Å². The van der Waals surface area contributed by atoms with Crippen molar-refractivity contribution in [3.05, 3.63) is 32.5 Å². The molecule has 2 aromatic heterocycles. The van der Waals surface area contributed by atoms with Crippen molar-refractivity contribution in [2.45, 2.75) is 18.8 Å². The maximum Gasteiger partial charge on any atom is 0.182 e. The van der Waals surface area contributed by atoms with E-state index in [0.717, 1.165) is 28.8 Å². The number of aromatic nitrogens is 3. The van der Waals surface area contributed by atoms with Gasteiger partial charge in [0.2, 0.25) is 0 Å². The third kappa shape index (κ3) is 2.62. The molecule has 7 heteroatoms. The lowest BCUT2D eigenvalue weighted by Gasteiger charge is -2.11. The van der Waals surface area contributed by atoms with Crippen LogP contribution in [0.25, 0.3) is 11.5 Å². The SMILES string of the molecule is CNc1nc(-c2ncc(Cl)cc2Cl)nc(C2CC2)c1Br. The molecule has 1 saturated carbocycles. The van der Waals surface area contributed by atoms with E-state index >= 15 is 0 Å². The van der Waals surface area contributed by atoms with E-state index in [1.54, 1.807) is 12.3 Å². The molecule has 0 saturated heterocycles. The number of halogens is 3. The number of nitrogens with zero attached hydrogens (tertiary/aromatic N) is 3. The van der Waals surface area contributed by atoms with Gasteiger partial charge < -0.3 is 5.32 Å². The number of hydrogen-bond acceptors (Lipinski definition) is 4. The third-order valence-electron chi connectivity index (χ3n) is 3.10. The van der Waals surface area contributed by atoms with Crippen LogP contribution in [0.4, 0.5) is 5.82 Å². The Morgan fingerprint density at radius 1 is 1.30 bits per heavy atom. The summed E-state index contributed by atoms with van der Waals surface area (Å²) in [5.41, 5.74) is 1.55. The maximum atomic E-state index is 6.19. The standard InChI is InChI=1S/C13H11BrCl2N4/c1-17-12-9(14)10(6-2-3-6)19-13(20-12)11-8(16)4-7(15)5-18-11/h4-6H,2-3H2,1H3,(H,17,19,20). The van der Waals surface area contributed by atoms with Gasteiger partial charge in [-0.3, -0.25) is 0 Å². The van der Waals surface area contributed by atoms with Gasteiger partial charge in [0.25, 0.3) is 0 Å². The summed E-state index contributed by atoms with van der Waals surface area (Å²) in [6, 6.07) is 1.65. The Labute approximate surface area is 135 Å². The molecular formula is C13H11BrCl2N4. The van der Waals surface area contributed by atoms with Crippen LogP contribution in [-0.4, -0.2) is 22.0 Å². The molecule has 0 amide bonds. The average Bonchev–Trinajstić information content (AvgIpc) is 3.24. The second-order valence-electron chi connectivity index (χ2n) is 4.60. The van der Waals surface area contributed by atoms with Gasteiger partial charge in [0.15, 0.2) is 5.82 Å². The van der Waals surface area contributed by atoms with E-state index in [1.807, 2.05) is 7.05 Å². The lowest BCUT2D eigenvalue weighted by atomic mass is 10.2. The predicted molar refractivity (Wildman–Crippen MR) is 84.5 cm³/mol. The lowest BCUT2D eigenvalue weighted by Crippen LogP contribution is -2.03. The first-order chi connectivity index (χ1) is 9.60. The molecule has 0 bridgehead atoms. The molecule has 2 heterocycles. The van der Waals surface area contributed by atoms with Gasteiger partial charge in [-0.05, 0) is 34.8 Å². The number of nitrogens with one attached hydrogen (secondary N) is 1. The Morgan fingerprint density at radius 3 is 2.65 bits per heavy atom. The van der Waals surface area contributed by atoms with Gasteiger partial charge in [-0.25, -0.2) is 15.0 Å². The van der Waals surface area contributed by atoms with Crippen LogP contribution in [0.5, 0.6) is 0 Å². The first-order valence-electron chi connectivity index (χ1n) is 6.16. The van der Waals surface area contributed by atoms with E-state index in [1.165, 1.54) is 0 Å². The molecule has 1 aliphatic rings. The lowest BCUT2D eigenvalue weighted by molar-refractivity contribution is 0.974. The molecule has 4 nitrogen and oxygen atoms in total. The van der Waals surface area contributed by atoms with Crippen molar-refractivity contribution in [2.24, 2.45) is 0 Å². The van der Waals surface area contributed by atoms with Gasteiger partial charge in [0, 0.05) is 19.2 Å². The Bertz CT molecular complexity index is 674. The minimum absolute atomic E-state index is 0.448. The molecule has 20 heavy (non-hydrogen) atoms. The van der Waals surface area contributed by atoms with Crippen LogP contribution in [-0.2, 0) is 0 Å². The average molecular weight is 374 g/mol. The molecule has 0 aliphatic heterocycles. The van der Waals surface area contributed by atoms with E-state index in [-0.39, 0.29) is 0 Å². The predicted octanol–water partition coefficient (Wildman–Crippen LogP) is 4.53. The van der Waals surface area contributed by atoms with Crippen molar-refractivity contribution in [3.63, 3.8) is 0 Å². The van der Waals surface area contributed by atoms with Crippen molar-refractivity contribution >= 4 is 44.9 Å². The van der Waals surface area contributed by atoms with Crippen molar-refractivity contribution < 1.29 is 0 Å². The Balaban J connectivity index is 2.15. The van der Waals surface area contributed by atoms with Crippen LogP contribution < -0.4 is 5.32 Å². The molecule has 1 N–H and O–H groups in total. The van der Waals surface area contributed by atoms with E-state index < -0.39 is 0 Å². The second kappa shape index (κ2) is 5.47. The minimum atomic E-state index is 0.448. The highest BCUT2D eigenvalue weighted by Gasteiger charge is 2.30. The summed E-state index contributed by atoms with van der Waals surface area (Å²) in [6.07, 6.45) is 3.85. The van der Waals surface area contributed by atoms with Crippen LogP contribution in [0.1, 0.15) is 24.5 Å². The normalized spacial score (nSPS) is 14.4. The van der Waals surface area contributed by atoms with Crippen molar-refractivity contribution in [2.75, 3.05) is 12.4 Å².